The third kappa shape index (κ3) is 4.80. The van der Waals surface area contributed by atoms with Gasteiger partial charge in [-0.05, 0) is 53.9 Å². The van der Waals surface area contributed by atoms with E-state index < -0.39 is 6.10 Å². The second-order valence-electron chi connectivity index (χ2n) is 6.87. The molecule has 6 nitrogen and oxygen atoms in total. The Hall–Kier alpha value is -3.64. The number of aromatic hydroxyl groups is 1. The molecule has 0 heterocycles. The van der Waals surface area contributed by atoms with Crippen molar-refractivity contribution in [2.45, 2.75) is 19.4 Å². The monoisotopic (exact) mass is 389 g/mol. The van der Waals surface area contributed by atoms with Gasteiger partial charge in [-0.2, -0.15) is 0 Å². The SMILES string of the molecule is Cc1cc(NC(=O)Cc2cc(C(=N)N)ccc2O)ccc1C(O)c1ccccc1. The molecular formula is C23H23N3O3. The number of nitrogens with one attached hydrogen (secondary N) is 2. The molecule has 0 aromatic heterocycles. The van der Waals surface area contributed by atoms with Gasteiger partial charge in [0.25, 0.3) is 0 Å². The van der Waals surface area contributed by atoms with E-state index in [1.807, 2.05) is 37.3 Å². The number of phenols is 1. The van der Waals surface area contributed by atoms with Crippen molar-refractivity contribution in [2.75, 3.05) is 5.32 Å². The summed E-state index contributed by atoms with van der Waals surface area (Å²) in [6, 6.07) is 19.2. The highest BCUT2D eigenvalue weighted by molar-refractivity contribution is 5.96. The number of hydrogen-bond donors (Lipinski definition) is 5. The molecule has 6 N–H and O–H groups in total. The fourth-order valence-electron chi connectivity index (χ4n) is 3.15. The molecule has 0 bridgehead atoms. The number of anilines is 1. The van der Waals surface area contributed by atoms with E-state index in [4.69, 9.17) is 11.1 Å². The zero-order valence-corrected chi connectivity index (χ0v) is 16.0. The van der Waals surface area contributed by atoms with Crippen LogP contribution < -0.4 is 11.1 Å². The number of carbonyl (C=O) groups excluding carboxylic acids is 1. The molecule has 0 aliphatic rings. The fraction of sp³-hybridized carbons (Fsp3) is 0.130. The van der Waals surface area contributed by atoms with Crippen molar-refractivity contribution in [2.24, 2.45) is 5.73 Å². The van der Waals surface area contributed by atoms with E-state index in [0.717, 1.165) is 16.7 Å². The second kappa shape index (κ2) is 8.58. The number of amides is 1. The Bertz CT molecular complexity index is 1050. The van der Waals surface area contributed by atoms with E-state index in [1.165, 1.54) is 18.2 Å². The summed E-state index contributed by atoms with van der Waals surface area (Å²) in [6.45, 7) is 1.87. The van der Waals surface area contributed by atoms with Gasteiger partial charge in [0.05, 0.1) is 6.42 Å². The van der Waals surface area contributed by atoms with Gasteiger partial charge in [-0.15, -0.1) is 0 Å². The average Bonchev–Trinajstić information content (AvgIpc) is 2.69. The minimum absolute atomic E-state index is 0.0253. The van der Waals surface area contributed by atoms with Crippen molar-refractivity contribution in [3.63, 3.8) is 0 Å². The lowest BCUT2D eigenvalue weighted by atomic mass is 9.97. The topological polar surface area (TPSA) is 119 Å². The summed E-state index contributed by atoms with van der Waals surface area (Å²) < 4.78 is 0. The summed E-state index contributed by atoms with van der Waals surface area (Å²) in [5.41, 5.74) is 9.31. The summed E-state index contributed by atoms with van der Waals surface area (Å²) in [6.07, 6.45) is -0.798. The molecule has 1 atom stereocenters. The Morgan fingerprint density at radius 3 is 2.48 bits per heavy atom. The molecule has 0 spiro atoms. The highest BCUT2D eigenvalue weighted by atomic mass is 16.3. The van der Waals surface area contributed by atoms with Crippen LogP contribution in [0.3, 0.4) is 0 Å². The Labute approximate surface area is 169 Å². The highest BCUT2D eigenvalue weighted by Crippen LogP contribution is 2.27. The van der Waals surface area contributed by atoms with Crippen molar-refractivity contribution in [3.8, 4) is 5.75 Å². The number of benzene rings is 3. The van der Waals surface area contributed by atoms with Gasteiger partial charge in [-0.25, -0.2) is 0 Å². The fourth-order valence-corrected chi connectivity index (χ4v) is 3.15. The molecule has 0 saturated carbocycles. The van der Waals surface area contributed by atoms with E-state index in [-0.39, 0.29) is 23.9 Å². The predicted molar refractivity (Wildman–Crippen MR) is 113 cm³/mol. The van der Waals surface area contributed by atoms with Crippen LogP contribution in [-0.2, 0) is 11.2 Å². The summed E-state index contributed by atoms with van der Waals surface area (Å²) >= 11 is 0. The van der Waals surface area contributed by atoms with Gasteiger partial charge in [0.15, 0.2) is 0 Å². The Kier molecular flexibility index (Phi) is 5.95. The molecule has 148 valence electrons. The maximum Gasteiger partial charge on any atom is 0.228 e. The van der Waals surface area contributed by atoms with Crippen LogP contribution in [0, 0.1) is 12.3 Å². The maximum absolute atomic E-state index is 12.4. The van der Waals surface area contributed by atoms with Crippen LogP contribution in [0.25, 0.3) is 0 Å². The lowest BCUT2D eigenvalue weighted by Gasteiger charge is -2.16. The van der Waals surface area contributed by atoms with E-state index >= 15 is 0 Å². The zero-order chi connectivity index (χ0) is 21.0. The summed E-state index contributed by atoms with van der Waals surface area (Å²) in [5, 5.41) is 30.8. The molecule has 0 fully saturated rings. The Balaban J connectivity index is 1.72. The first-order chi connectivity index (χ1) is 13.8. The Morgan fingerprint density at radius 1 is 1.10 bits per heavy atom. The summed E-state index contributed by atoms with van der Waals surface area (Å²) in [4.78, 5) is 12.4. The minimum atomic E-state index is -0.743. The molecule has 0 radical (unpaired) electrons. The van der Waals surface area contributed by atoms with E-state index in [1.54, 1.807) is 18.2 Å². The van der Waals surface area contributed by atoms with E-state index in [0.29, 0.717) is 16.8 Å². The molecule has 1 unspecified atom stereocenters. The number of nitrogen functional groups attached to an aromatic ring is 1. The van der Waals surface area contributed by atoms with Crippen LogP contribution in [0.4, 0.5) is 5.69 Å². The number of nitrogens with two attached hydrogens (primary N) is 1. The van der Waals surface area contributed by atoms with E-state index in [2.05, 4.69) is 5.32 Å². The van der Waals surface area contributed by atoms with Crippen molar-refractivity contribution in [3.05, 3.63) is 94.5 Å². The van der Waals surface area contributed by atoms with Crippen LogP contribution in [0.15, 0.2) is 66.7 Å². The normalized spacial score (nSPS) is 11.7. The van der Waals surface area contributed by atoms with Gasteiger partial charge in [-0.1, -0.05) is 36.4 Å². The molecule has 29 heavy (non-hydrogen) atoms. The number of amidine groups is 1. The maximum atomic E-state index is 12.4. The second-order valence-corrected chi connectivity index (χ2v) is 6.87. The first kappa shape index (κ1) is 20.1. The van der Waals surface area contributed by atoms with Crippen molar-refractivity contribution in [1.29, 1.82) is 5.41 Å². The van der Waals surface area contributed by atoms with Crippen molar-refractivity contribution >= 4 is 17.4 Å². The first-order valence-electron chi connectivity index (χ1n) is 9.15. The van der Waals surface area contributed by atoms with Gasteiger partial charge < -0.3 is 21.3 Å². The Morgan fingerprint density at radius 2 is 1.83 bits per heavy atom. The molecule has 0 aliphatic carbocycles. The molecule has 3 aromatic rings. The van der Waals surface area contributed by atoms with Crippen LogP contribution in [0.1, 0.15) is 33.9 Å². The quantitative estimate of drug-likeness (QED) is 0.328. The lowest BCUT2D eigenvalue weighted by Crippen LogP contribution is -2.16. The molecule has 1 amide bonds. The summed E-state index contributed by atoms with van der Waals surface area (Å²) in [5.74, 6) is -0.464. The standard InChI is InChI=1S/C23H23N3O3/c1-14-11-18(8-9-19(14)22(29)15-5-3-2-4-6-15)26-21(28)13-17-12-16(23(24)25)7-10-20(17)27/h2-12,22,27,29H,13H2,1H3,(H3,24,25)(H,26,28). The molecular weight excluding hydrogens is 366 g/mol. The average molecular weight is 389 g/mol. The van der Waals surface area contributed by atoms with Crippen LogP contribution in [0.2, 0.25) is 0 Å². The smallest absolute Gasteiger partial charge is 0.228 e. The molecule has 0 saturated heterocycles. The van der Waals surface area contributed by atoms with Crippen LogP contribution in [-0.4, -0.2) is 22.0 Å². The molecule has 0 aliphatic heterocycles. The minimum Gasteiger partial charge on any atom is -0.508 e. The van der Waals surface area contributed by atoms with Gasteiger partial charge in [0.2, 0.25) is 5.91 Å². The van der Waals surface area contributed by atoms with Gasteiger partial charge >= 0.3 is 0 Å². The molecule has 3 aromatic carbocycles. The highest BCUT2D eigenvalue weighted by Gasteiger charge is 2.14. The molecule has 6 heteroatoms. The van der Waals surface area contributed by atoms with Crippen LogP contribution >= 0.6 is 0 Å². The van der Waals surface area contributed by atoms with Gasteiger partial charge in [0.1, 0.15) is 17.7 Å². The number of rotatable bonds is 6. The number of aliphatic hydroxyl groups is 1. The third-order valence-electron chi connectivity index (χ3n) is 4.70. The number of aliphatic hydroxyl groups excluding tert-OH is 1. The number of phenolic OH excluding ortho intramolecular Hbond substituents is 1. The third-order valence-corrected chi connectivity index (χ3v) is 4.70. The van der Waals surface area contributed by atoms with Crippen LogP contribution in [0.5, 0.6) is 5.75 Å². The zero-order valence-electron chi connectivity index (χ0n) is 16.0. The van der Waals surface area contributed by atoms with Gasteiger partial charge in [-0.3, -0.25) is 10.2 Å². The molecule has 3 rings (SSSR count). The number of carbonyl (C=O) groups is 1. The first-order valence-corrected chi connectivity index (χ1v) is 9.15. The predicted octanol–water partition coefficient (Wildman–Crippen LogP) is 3.25. The number of aryl methyl sites for hydroxylation is 1. The summed E-state index contributed by atoms with van der Waals surface area (Å²) in [7, 11) is 0. The van der Waals surface area contributed by atoms with E-state index in [9.17, 15) is 15.0 Å². The number of hydrogen-bond acceptors (Lipinski definition) is 4. The van der Waals surface area contributed by atoms with Crippen molar-refractivity contribution < 1.29 is 15.0 Å². The largest absolute Gasteiger partial charge is 0.508 e. The van der Waals surface area contributed by atoms with Gasteiger partial charge in [0, 0.05) is 16.8 Å². The lowest BCUT2D eigenvalue weighted by molar-refractivity contribution is -0.115. The van der Waals surface area contributed by atoms with Crippen molar-refractivity contribution in [1.82, 2.24) is 0 Å².